The highest BCUT2D eigenvalue weighted by Gasteiger charge is 2.19. The Kier molecular flexibility index (Phi) is 7.67. The molecule has 0 unspecified atom stereocenters. The summed E-state index contributed by atoms with van der Waals surface area (Å²) < 4.78 is 5.04. The zero-order valence-corrected chi connectivity index (χ0v) is 14.2. The van der Waals surface area contributed by atoms with E-state index >= 15 is 0 Å². The van der Waals surface area contributed by atoms with E-state index in [1.165, 1.54) is 31.0 Å². The minimum Gasteiger partial charge on any atom is -0.370 e. The number of rotatable bonds is 9. The molecule has 1 aliphatic heterocycles. The first-order valence-electron chi connectivity index (χ1n) is 8.12. The first kappa shape index (κ1) is 18.1. The van der Waals surface area contributed by atoms with Gasteiger partial charge in [0.1, 0.15) is 6.61 Å². The minimum atomic E-state index is -0.109. The summed E-state index contributed by atoms with van der Waals surface area (Å²) in [5, 5.41) is 5.67. The molecule has 0 aromatic heterocycles. The molecule has 130 valence electrons. The van der Waals surface area contributed by atoms with Gasteiger partial charge in [-0.05, 0) is 18.8 Å². The molecule has 0 bridgehead atoms. The lowest BCUT2D eigenvalue weighted by molar-refractivity contribution is -0.142. The molecule has 2 rings (SSSR count). The first-order valence-corrected chi connectivity index (χ1v) is 9.27. The van der Waals surface area contributed by atoms with Crippen molar-refractivity contribution in [1.82, 2.24) is 15.5 Å². The summed E-state index contributed by atoms with van der Waals surface area (Å²) in [6, 6.07) is 0. The Morgan fingerprint density at radius 1 is 1.22 bits per heavy atom. The van der Waals surface area contributed by atoms with Crippen molar-refractivity contribution in [3.63, 3.8) is 0 Å². The Bertz CT molecular complexity index is 429. The fourth-order valence-electron chi connectivity index (χ4n) is 2.41. The number of carbonyl (C=O) groups excluding carboxylic acids is 3. The summed E-state index contributed by atoms with van der Waals surface area (Å²) in [6.45, 7) is 2.94. The van der Waals surface area contributed by atoms with E-state index in [4.69, 9.17) is 4.74 Å². The Balaban J connectivity index is 1.46. The number of morpholine rings is 1. The normalized spacial score (nSPS) is 18.4. The third-order valence-electron chi connectivity index (χ3n) is 4.07. The highest BCUT2D eigenvalue weighted by Crippen LogP contribution is 2.25. The summed E-state index contributed by atoms with van der Waals surface area (Å²) >= 11 is 1.31. The van der Waals surface area contributed by atoms with Gasteiger partial charge in [-0.1, -0.05) is 6.42 Å². The van der Waals surface area contributed by atoms with Crippen LogP contribution in [0.4, 0.5) is 0 Å². The summed E-state index contributed by atoms with van der Waals surface area (Å²) in [5.41, 5.74) is 0. The molecule has 0 aromatic rings. The average Bonchev–Trinajstić information content (AvgIpc) is 2.47. The Labute approximate surface area is 140 Å². The van der Waals surface area contributed by atoms with Gasteiger partial charge in [-0.15, -0.1) is 11.8 Å². The second-order valence-electron chi connectivity index (χ2n) is 5.88. The lowest BCUT2D eigenvalue weighted by atomic mass is 9.85. The van der Waals surface area contributed by atoms with E-state index in [2.05, 4.69) is 10.6 Å². The maximum absolute atomic E-state index is 11.7. The van der Waals surface area contributed by atoms with Crippen LogP contribution in [0.15, 0.2) is 0 Å². The second-order valence-corrected chi connectivity index (χ2v) is 6.86. The minimum absolute atomic E-state index is 0.00591. The van der Waals surface area contributed by atoms with Crippen LogP contribution in [-0.2, 0) is 19.1 Å². The van der Waals surface area contributed by atoms with Gasteiger partial charge < -0.3 is 20.3 Å². The predicted octanol–water partition coefficient (Wildman–Crippen LogP) is -0.389. The van der Waals surface area contributed by atoms with Crippen molar-refractivity contribution >= 4 is 29.5 Å². The van der Waals surface area contributed by atoms with Gasteiger partial charge >= 0.3 is 0 Å². The van der Waals surface area contributed by atoms with Gasteiger partial charge in [0.25, 0.3) is 0 Å². The number of hydrogen-bond acceptors (Lipinski definition) is 5. The van der Waals surface area contributed by atoms with Gasteiger partial charge in [0.05, 0.1) is 18.1 Å². The van der Waals surface area contributed by atoms with E-state index in [-0.39, 0.29) is 30.1 Å². The van der Waals surface area contributed by atoms with E-state index in [1.54, 1.807) is 4.90 Å². The summed E-state index contributed by atoms with van der Waals surface area (Å²) in [4.78, 5) is 36.5. The van der Waals surface area contributed by atoms with Crippen molar-refractivity contribution in [2.45, 2.75) is 19.3 Å². The largest absolute Gasteiger partial charge is 0.370 e. The highest BCUT2D eigenvalue weighted by atomic mass is 32.2. The monoisotopic (exact) mass is 343 g/mol. The van der Waals surface area contributed by atoms with Crippen molar-refractivity contribution < 1.29 is 19.1 Å². The maximum Gasteiger partial charge on any atom is 0.248 e. The van der Waals surface area contributed by atoms with Crippen LogP contribution in [0.3, 0.4) is 0 Å². The number of nitrogens with zero attached hydrogens (tertiary/aromatic N) is 1. The fourth-order valence-corrected chi connectivity index (χ4v) is 3.09. The topological polar surface area (TPSA) is 87.7 Å². The van der Waals surface area contributed by atoms with Crippen molar-refractivity contribution in [3.05, 3.63) is 0 Å². The number of amides is 3. The molecule has 3 amide bonds. The van der Waals surface area contributed by atoms with Gasteiger partial charge in [-0.3, -0.25) is 14.4 Å². The Morgan fingerprint density at radius 3 is 2.61 bits per heavy atom. The quantitative estimate of drug-likeness (QED) is 0.595. The molecule has 1 aliphatic carbocycles. The van der Waals surface area contributed by atoms with Crippen LogP contribution in [-0.4, -0.2) is 73.5 Å². The van der Waals surface area contributed by atoms with Crippen LogP contribution < -0.4 is 10.6 Å². The molecule has 0 radical (unpaired) electrons. The summed E-state index contributed by atoms with van der Waals surface area (Å²) in [6.07, 6.45) is 3.69. The Hall–Kier alpha value is -1.28. The molecule has 8 heteroatoms. The smallest absolute Gasteiger partial charge is 0.248 e. The number of thioether (sulfide) groups is 1. The van der Waals surface area contributed by atoms with Crippen molar-refractivity contribution in [1.29, 1.82) is 0 Å². The number of nitrogens with one attached hydrogen (secondary N) is 2. The summed E-state index contributed by atoms with van der Waals surface area (Å²) in [7, 11) is 0. The molecule has 1 heterocycles. The first-order chi connectivity index (χ1) is 11.1. The molecule has 2 aliphatic rings. The molecule has 2 fully saturated rings. The number of ether oxygens (including phenoxy) is 1. The molecule has 0 atom stereocenters. The van der Waals surface area contributed by atoms with Gasteiger partial charge in [0, 0.05) is 26.2 Å². The standard InChI is InChI=1S/C15H25N3O4S/c19-13(16-4-5-18-6-7-22-9-15(18)21)10-23-11-14(20)17-8-12-2-1-3-12/h12H,1-11H2,(H,16,19)(H,17,20). The van der Waals surface area contributed by atoms with E-state index in [9.17, 15) is 14.4 Å². The lowest BCUT2D eigenvalue weighted by Crippen LogP contribution is -2.45. The zero-order chi connectivity index (χ0) is 16.5. The third kappa shape index (κ3) is 6.78. The zero-order valence-electron chi connectivity index (χ0n) is 13.3. The SMILES string of the molecule is O=C(CSCC(=O)NCC1CCC1)NCCN1CCOCC1=O. The van der Waals surface area contributed by atoms with Gasteiger partial charge in [0.15, 0.2) is 0 Å². The van der Waals surface area contributed by atoms with Crippen LogP contribution in [0, 0.1) is 5.92 Å². The predicted molar refractivity (Wildman–Crippen MR) is 88.1 cm³/mol. The number of carbonyl (C=O) groups is 3. The molecule has 23 heavy (non-hydrogen) atoms. The van der Waals surface area contributed by atoms with Gasteiger partial charge in [0.2, 0.25) is 17.7 Å². The molecule has 0 spiro atoms. The van der Waals surface area contributed by atoms with E-state index in [0.717, 1.165) is 6.54 Å². The number of hydrogen-bond donors (Lipinski definition) is 2. The highest BCUT2D eigenvalue weighted by molar-refractivity contribution is 8.00. The fraction of sp³-hybridized carbons (Fsp3) is 0.800. The van der Waals surface area contributed by atoms with Crippen LogP contribution >= 0.6 is 11.8 Å². The lowest BCUT2D eigenvalue weighted by Gasteiger charge is -2.26. The van der Waals surface area contributed by atoms with E-state index in [1.807, 2.05) is 0 Å². The van der Waals surface area contributed by atoms with Crippen LogP contribution in [0.1, 0.15) is 19.3 Å². The van der Waals surface area contributed by atoms with E-state index < -0.39 is 0 Å². The molecular weight excluding hydrogens is 318 g/mol. The van der Waals surface area contributed by atoms with Crippen molar-refractivity contribution in [2.75, 3.05) is 50.9 Å². The van der Waals surface area contributed by atoms with E-state index in [0.29, 0.717) is 37.9 Å². The van der Waals surface area contributed by atoms with Crippen LogP contribution in [0.2, 0.25) is 0 Å². The summed E-state index contributed by atoms with van der Waals surface area (Å²) in [5.74, 6) is 1.06. The molecule has 0 aromatic carbocycles. The van der Waals surface area contributed by atoms with Crippen LogP contribution in [0.25, 0.3) is 0 Å². The van der Waals surface area contributed by atoms with Crippen LogP contribution in [0.5, 0.6) is 0 Å². The second kappa shape index (κ2) is 9.77. The Morgan fingerprint density at radius 2 is 1.96 bits per heavy atom. The van der Waals surface area contributed by atoms with Crippen molar-refractivity contribution in [2.24, 2.45) is 5.92 Å². The molecule has 1 saturated heterocycles. The average molecular weight is 343 g/mol. The third-order valence-corrected chi connectivity index (χ3v) is 5.00. The maximum atomic E-state index is 11.7. The van der Waals surface area contributed by atoms with Gasteiger partial charge in [-0.25, -0.2) is 0 Å². The molecule has 7 nitrogen and oxygen atoms in total. The van der Waals surface area contributed by atoms with Crippen molar-refractivity contribution in [3.8, 4) is 0 Å². The molecule has 2 N–H and O–H groups in total. The van der Waals surface area contributed by atoms with Gasteiger partial charge in [-0.2, -0.15) is 0 Å². The molecular formula is C15H25N3O4S. The molecule has 1 saturated carbocycles.